The van der Waals surface area contributed by atoms with Gasteiger partial charge in [-0.15, -0.1) is 0 Å². The van der Waals surface area contributed by atoms with Crippen LogP contribution in [0.25, 0.3) is 0 Å². The Bertz CT molecular complexity index is 598. The fourth-order valence-electron chi connectivity index (χ4n) is 1.78. The molecule has 0 aromatic carbocycles. The third-order valence-electron chi connectivity index (χ3n) is 3.36. The number of carbonyl (C=O) groups is 5. The number of esters is 3. The highest BCUT2D eigenvalue weighted by atomic mass is 16.7. The van der Waals surface area contributed by atoms with E-state index in [1.165, 1.54) is 7.11 Å². The van der Waals surface area contributed by atoms with E-state index in [2.05, 4.69) is 4.74 Å². The van der Waals surface area contributed by atoms with Crippen molar-refractivity contribution < 1.29 is 53.1 Å². The molecule has 2 atom stereocenters. The van der Waals surface area contributed by atoms with Crippen molar-refractivity contribution in [3.05, 3.63) is 12.2 Å². The highest BCUT2D eigenvalue weighted by Gasteiger charge is 2.27. The molecule has 0 unspecified atom stereocenters. The lowest BCUT2D eigenvalue weighted by molar-refractivity contribution is -0.198. The molecule has 31 heavy (non-hydrogen) atoms. The summed E-state index contributed by atoms with van der Waals surface area (Å²) in [5.41, 5.74) is 0. The monoisotopic (exact) mass is 448 g/mol. The second-order valence-electron chi connectivity index (χ2n) is 5.97. The normalized spacial score (nSPS) is 17.2. The van der Waals surface area contributed by atoms with Crippen LogP contribution in [0.2, 0.25) is 0 Å². The van der Waals surface area contributed by atoms with Crippen LogP contribution in [-0.4, -0.2) is 66.2 Å². The molecule has 1 aliphatic heterocycles. The first-order valence-corrected chi connectivity index (χ1v) is 9.80. The van der Waals surface area contributed by atoms with Crippen LogP contribution in [0.1, 0.15) is 59.3 Å². The summed E-state index contributed by atoms with van der Waals surface area (Å²) in [5, 5.41) is 15.6. The minimum atomic E-state index is -0.784. The molecule has 11 nitrogen and oxygen atoms in total. The van der Waals surface area contributed by atoms with E-state index in [0.717, 1.165) is 18.6 Å². The molecule has 1 fully saturated rings. The highest BCUT2D eigenvalue weighted by Crippen LogP contribution is 2.18. The third kappa shape index (κ3) is 20.1. The van der Waals surface area contributed by atoms with Crippen LogP contribution >= 0.6 is 0 Å². The van der Waals surface area contributed by atoms with Crippen molar-refractivity contribution in [3.8, 4) is 0 Å². The van der Waals surface area contributed by atoms with Crippen LogP contribution < -0.4 is 0 Å². The Kier molecular flexibility index (Phi) is 18.6. The van der Waals surface area contributed by atoms with Crippen molar-refractivity contribution in [3.63, 3.8) is 0 Å². The molecular weight excluding hydrogens is 416 g/mol. The van der Waals surface area contributed by atoms with Crippen molar-refractivity contribution >= 4 is 29.8 Å². The van der Waals surface area contributed by atoms with Gasteiger partial charge in [-0.05, 0) is 6.42 Å². The minimum absolute atomic E-state index is 0.222. The zero-order chi connectivity index (χ0) is 24.2. The summed E-state index contributed by atoms with van der Waals surface area (Å²) in [6, 6.07) is 0. The van der Waals surface area contributed by atoms with E-state index in [1.807, 2.05) is 6.92 Å². The zero-order valence-electron chi connectivity index (χ0n) is 18.3. The number of hydrogen-bond donors (Lipinski definition) is 2. The molecule has 0 aromatic rings. The molecule has 0 amide bonds. The maximum atomic E-state index is 11.4. The quantitative estimate of drug-likeness (QED) is 0.317. The van der Waals surface area contributed by atoms with E-state index in [4.69, 9.17) is 24.4 Å². The van der Waals surface area contributed by atoms with Gasteiger partial charge in [0.15, 0.2) is 0 Å². The van der Waals surface area contributed by atoms with Crippen LogP contribution in [-0.2, 0) is 42.9 Å². The molecule has 0 aromatic heterocycles. The number of carbonyl (C=O) groups excluding carboxylic acids is 3. The van der Waals surface area contributed by atoms with Crippen molar-refractivity contribution in [1.29, 1.82) is 0 Å². The predicted molar refractivity (Wildman–Crippen MR) is 107 cm³/mol. The van der Waals surface area contributed by atoms with Crippen molar-refractivity contribution in [2.24, 2.45) is 0 Å². The summed E-state index contributed by atoms with van der Waals surface area (Å²) in [5.74, 6) is -3.13. The van der Waals surface area contributed by atoms with E-state index in [-0.39, 0.29) is 24.9 Å². The lowest BCUT2D eigenvalue weighted by atomic mass is 10.1. The maximum absolute atomic E-state index is 11.4. The van der Waals surface area contributed by atoms with Gasteiger partial charge in [0.05, 0.1) is 13.7 Å². The van der Waals surface area contributed by atoms with Gasteiger partial charge in [0, 0.05) is 44.3 Å². The van der Waals surface area contributed by atoms with Gasteiger partial charge in [0.1, 0.15) is 6.10 Å². The fourth-order valence-corrected chi connectivity index (χ4v) is 1.78. The molecule has 0 saturated carbocycles. The van der Waals surface area contributed by atoms with Gasteiger partial charge >= 0.3 is 29.8 Å². The van der Waals surface area contributed by atoms with Gasteiger partial charge in [-0.2, -0.15) is 0 Å². The summed E-state index contributed by atoms with van der Waals surface area (Å²) in [6.45, 7) is 5.48. The zero-order valence-corrected chi connectivity index (χ0v) is 18.3. The fraction of sp³-hybridized carbons (Fsp3) is 0.650. The molecule has 0 bridgehead atoms. The number of carboxylic acids is 2. The molecule has 1 heterocycles. The maximum Gasteiger partial charge on any atom is 0.333 e. The highest BCUT2D eigenvalue weighted by molar-refractivity contribution is 5.91. The number of hydrogen-bond acceptors (Lipinski definition) is 9. The van der Waals surface area contributed by atoms with Gasteiger partial charge in [0.2, 0.25) is 6.29 Å². The van der Waals surface area contributed by atoms with Crippen molar-refractivity contribution in [2.75, 3.05) is 13.7 Å². The van der Waals surface area contributed by atoms with Crippen LogP contribution in [0.5, 0.6) is 0 Å². The Morgan fingerprint density at radius 2 is 1.52 bits per heavy atom. The molecule has 178 valence electrons. The standard InChI is InChI=1S/C13H18O7.C4H8O2.C3H6O2/c1-3-10(14)19-9-6-7-18-13(8-9)20-12(16)5-4-11(15)17-2;1-2-3-4(5)6;1-2-3(4)5/h4-5,9,13H,3,6-8H2,1-2H3;2-3H2,1H3,(H,5,6);2H2,1H3,(H,4,5)/b5-4+;;/t9-,13-;;/m0../s1. The number of ether oxygens (including phenoxy) is 4. The molecule has 2 N–H and O–H groups in total. The van der Waals surface area contributed by atoms with Crippen LogP contribution in [0.4, 0.5) is 0 Å². The smallest absolute Gasteiger partial charge is 0.333 e. The molecule has 0 spiro atoms. The summed E-state index contributed by atoms with van der Waals surface area (Å²) < 4.78 is 19.7. The number of carboxylic acid groups (broad SMARTS) is 2. The van der Waals surface area contributed by atoms with Gasteiger partial charge in [-0.1, -0.05) is 20.8 Å². The summed E-state index contributed by atoms with van der Waals surface area (Å²) in [6.07, 6.45) is 3.20. The molecule has 0 aliphatic carbocycles. The molecule has 1 aliphatic rings. The van der Waals surface area contributed by atoms with E-state index >= 15 is 0 Å². The minimum Gasteiger partial charge on any atom is -0.481 e. The Balaban J connectivity index is 0. The largest absolute Gasteiger partial charge is 0.481 e. The van der Waals surface area contributed by atoms with Gasteiger partial charge < -0.3 is 29.2 Å². The Labute approximate surface area is 181 Å². The second kappa shape index (κ2) is 19.0. The first-order chi connectivity index (χ1) is 14.6. The third-order valence-corrected chi connectivity index (χ3v) is 3.36. The van der Waals surface area contributed by atoms with E-state index in [0.29, 0.717) is 25.9 Å². The van der Waals surface area contributed by atoms with Gasteiger partial charge in [-0.25, -0.2) is 9.59 Å². The Morgan fingerprint density at radius 1 is 0.935 bits per heavy atom. The second-order valence-corrected chi connectivity index (χ2v) is 5.97. The lowest BCUT2D eigenvalue weighted by Crippen LogP contribution is -2.34. The van der Waals surface area contributed by atoms with Crippen LogP contribution in [0, 0.1) is 0 Å². The summed E-state index contributed by atoms with van der Waals surface area (Å²) in [4.78, 5) is 52.4. The Morgan fingerprint density at radius 3 is 1.94 bits per heavy atom. The van der Waals surface area contributed by atoms with E-state index < -0.39 is 30.2 Å². The van der Waals surface area contributed by atoms with Gasteiger partial charge in [0.25, 0.3) is 0 Å². The Hall–Kier alpha value is -2.95. The van der Waals surface area contributed by atoms with Gasteiger partial charge in [-0.3, -0.25) is 14.4 Å². The van der Waals surface area contributed by atoms with Crippen molar-refractivity contribution in [1.82, 2.24) is 0 Å². The SMILES string of the molecule is CCC(=O)O.CCC(=O)O[C@H]1CCO[C@@H](OC(=O)/C=C/C(=O)OC)C1.CCCC(=O)O. The molecule has 0 radical (unpaired) electrons. The molecule has 1 rings (SSSR count). The first-order valence-electron chi connectivity index (χ1n) is 9.80. The van der Waals surface area contributed by atoms with Crippen LogP contribution in [0.15, 0.2) is 12.2 Å². The van der Waals surface area contributed by atoms with Crippen LogP contribution in [0.3, 0.4) is 0 Å². The molecule has 11 heteroatoms. The number of aliphatic carboxylic acids is 2. The van der Waals surface area contributed by atoms with E-state index in [9.17, 15) is 24.0 Å². The number of rotatable bonds is 8. The average molecular weight is 448 g/mol. The molecule has 1 saturated heterocycles. The van der Waals surface area contributed by atoms with Crippen molar-refractivity contribution in [2.45, 2.75) is 71.7 Å². The topological polar surface area (TPSA) is 163 Å². The summed E-state index contributed by atoms with van der Waals surface area (Å²) in [7, 11) is 1.20. The predicted octanol–water partition coefficient (Wildman–Crippen LogP) is 2.07. The average Bonchev–Trinajstić information content (AvgIpc) is 2.72. The lowest BCUT2D eigenvalue weighted by Gasteiger charge is -2.28. The first kappa shape index (κ1) is 30.2. The van der Waals surface area contributed by atoms with E-state index in [1.54, 1.807) is 13.8 Å². The molecular formula is C20H32O11. The number of methoxy groups -OCH3 is 1. The summed E-state index contributed by atoms with van der Waals surface area (Å²) >= 11 is 0.